The smallest absolute Gasteiger partial charge is 0.187 e. The standard InChI is InChI=1S/C14H12N2O/c15-13-5-1-3-11(9-13)6-7-14(17)12-4-2-8-16-10-12/h1-10H,15H2/b7-6-. The maximum absolute atomic E-state index is 11.7. The van der Waals surface area contributed by atoms with Gasteiger partial charge in [0.25, 0.3) is 0 Å². The van der Waals surface area contributed by atoms with Gasteiger partial charge < -0.3 is 5.73 Å². The monoisotopic (exact) mass is 224 g/mol. The lowest BCUT2D eigenvalue weighted by Gasteiger charge is -1.96. The van der Waals surface area contributed by atoms with E-state index in [-0.39, 0.29) is 5.78 Å². The average Bonchev–Trinajstić information content (AvgIpc) is 2.37. The zero-order valence-corrected chi connectivity index (χ0v) is 9.21. The highest BCUT2D eigenvalue weighted by molar-refractivity contribution is 6.06. The first-order valence-corrected chi connectivity index (χ1v) is 5.24. The van der Waals surface area contributed by atoms with Crippen LogP contribution >= 0.6 is 0 Å². The number of anilines is 1. The summed E-state index contributed by atoms with van der Waals surface area (Å²) in [5.74, 6) is -0.0690. The molecule has 1 aromatic carbocycles. The summed E-state index contributed by atoms with van der Waals surface area (Å²) in [5.41, 5.74) is 7.81. The van der Waals surface area contributed by atoms with Crippen molar-refractivity contribution in [1.29, 1.82) is 0 Å². The topological polar surface area (TPSA) is 56.0 Å². The summed E-state index contributed by atoms with van der Waals surface area (Å²) in [5, 5.41) is 0. The largest absolute Gasteiger partial charge is 0.399 e. The highest BCUT2D eigenvalue weighted by Crippen LogP contribution is 2.09. The number of hydrogen-bond acceptors (Lipinski definition) is 3. The summed E-state index contributed by atoms with van der Waals surface area (Å²) in [6.45, 7) is 0. The van der Waals surface area contributed by atoms with Gasteiger partial charge in [-0.05, 0) is 35.9 Å². The summed E-state index contributed by atoms with van der Waals surface area (Å²) in [6, 6.07) is 10.8. The van der Waals surface area contributed by atoms with Gasteiger partial charge in [0.15, 0.2) is 5.78 Å². The molecule has 0 radical (unpaired) electrons. The van der Waals surface area contributed by atoms with E-state index < -0.39 is 0 Å². The van der Waals surface area contributed by atoms with Gasteiger partial charge in [-0.1, -0.05) is 18.2 Å². The Kier molecular flexibility index (Phi) is 3.31. The van der Waals surface area contributed by atoms with Gasteiger partial charge in [-0.25, -0.2) is 0 Å². The molecule has 3 nitrogen and oxygen atoms in total. The number of nitrogens with zero attached hydrogens (tertiary/aromatic N) is 1. The molecule has 0 aliphatic carbocycles. The number of nitrogens with two attached hydrogens (primary N) is 1. The number of rotatable bonds is 3. The number of hydrogen-bond donors (Lipinski definition) is 1. The second-order valence-electron chi connectivity index (χ2n) is 3.61. The SMILES string of the molecule is Nc1cccc(/C=C\C(=O)c2cccnc2)c1. The second-order valence-corrected chi connectivity index (χ2v) is 3.61. The summed E-state index contributed by atoms with van der Waals surface area (Å²) in [7, 11) is 0. The Balaban J connectivity index is 2.14. The molecular weight excluding hydrogens is 212 g/mol. The van der Waals surface area contributed by atoms with Crippen molar-refractivity contribution < 1.29 is 4.79 Å². The van der Waals surface area contributed by atoms with Crippen LogP contribution in [-0.2, 0) is 0 Å². The molecule has 0 spiro atoms. The third kappa shape index (κ3) is 3.01. The van der Waals surface area contributed by atoms with E-state index in [0.717, 1.165) is 5.56 Å². The first-order chi connectivity index (χ1) is 8.25. The summed E-state index contributed by atoms with van der Waals surface area (Å²) in [4.78, 5) is 15.6. The van der Waals surface area contributed by atoms with Crippen molar-refractivity contribution in [3.05, 3.63) is 66.0 Å². The van der Waals surface area contributed by atoms with Crippen LogP contribution in [0.2, 0.25) is 0 Å². The van der Waals surface area contributed by atoms with Crippen molar-refractivity contribution >= 4 is 17.5 Å². The molecular formula is C14H12N2O. The number of nitrogen functional groups attached to an aromatic ring is 1. The lowest BCUT2D eigenvalue weighted by Crippen LogP contribution is -1.94. The predicted molar refractivity (Wildman–Crippen MR) is 68.5 cm³/mol. The Morgan fingerprint density at radius 3 is 2.82 bits per heavy atom. The molecule has 2 rings (SSSR count). The van der Waals surface area contributed by atoms with E-state index in [0.29, 0.717) is 11.3 Å². The van der Waals surface area contributed by atoms with E-state index in [4.69, 9.17) is 5.73 Å². The van der Waals surface area contributed by atoms with Gasteiger partial charge >= 0.3 is 0 Å². The van der Waals surface area contributed by atoms with Crippen LogP contribution in [0.15, 0.2) is 54.9 Å². The zero-order chi connectivity index (χ0) is 12.1. The second kappa shape index (κ2) is 5.07. The van der Waals surface area contributed by atoms with E-state index in [2.05, 4.69) is 4.98 Å². The number of carbonyl (C=O) groups is 1. The maximum Gasteiger partial charge on any atom is 0.187 e. The van der Waals surface area contributed by atoms with E-state index in [1.807, 2.05) is 18.2 Å². The molecule has 0 aliphatic heterocycles. The molecule has 0 saturated carbocycles. The Labute approximate surface area is 99.6 Å². The molecule has 0 amide bonds. The van der Waals surface area contributed by atoms with E-state index in [9.17, 15) is 4.79 Å². The number of ketones is 1. The fourth-order valence-electron chi connectivity index (χ4n) is 1.44. The van der Waals surface area contributed by atoms with Crippen LogP contribution in [-0.4, -0.2) is 10.8 Å². The van der Waals surface area contributed by atoms with Crippen molar-refractivity contribution in [1.82, 2.24) is 4.98 Å². The van der Waals surface area contributed by atoms with Gasteiger partial charge in [-0.3, -0.25) is 9.78 Å². The fourth-order valence-corrected chi connectivity index (χ4v) is 1.44. The highest BCUT2D eigenvalue weighted by atomic mass is 16.1. The van der Waals surface area contributed by atoms with E-state index >= 15 is 0 Å². The number of pyridine rings is 1. The van der Waals surface area contributed by atoms with Crippen LogP contribution in [0.1, 0.15) is 15.9 Å². The molecule has 0 aliphatic rings. The molecule has 1 heterocycles. The normalized spacial score (nSPS) is 10.6. The molecule has 0 saturated heterocycles. The van der Waals surface area contributed by atoms with E-state index in [1.54, 1.807) is 36.7 Å². The van der Waals surface area contributed by atoms with Crippen LogP contribution < -0.4 is 5.73 Å². The lowest BCUT2D eigenvalue weighted by molar-refractivity contribution is 0.104. The number of carbonyl (C=O) groups excluding carboxylic acids is 1. The molecule has 2 N–H and O–H groups in total. The highest BCUT2D eigenvalue weighted by Gasteiger charge is 1.99. The van der Waals surface area contributed by atoms with Gasteiger partial charge in [0.1, 0.15) is 0 Å². The van der Waals surface area contributed by atoms with Crippen molar-refractivity contribution in [3.63, 3.8) is 0 Å². The van der Waals surface area contributed by atoms with Crippen molar-refractivity contribution in [2.24, 2.45) is 0 Å². The van der Waals surface area contributed by atoms with Gasteiger partial charge in [0.05, 0.1) is 0 Å². The van der Waals surface area contributed by atoms with Crippen LogP contribution in [0.5, 0.6) is 0 Å². The molecule has 3 heteroatoms. The third-order valence-electron chi connectivity index (χ3n) is 2.28. The van der Waals surface area contributed by atoms with Crippen molar-refractivity contribution in [2.75, 3.05) is 5.73 Å². The van der Waals surface area contributed by atoms with Gasteiger partial charge in [0.2, 0.25) is 0 Å². The minimum absolute atomic E-state index is 0.0690. The van der Waals surface area contributed by atoms with Crippen LogP contribution in [0.3, 0.4) is 0 Å². The first-order valence-electron chi connectivity index (χ1n) is 5.24. The first kappa shape index (κ1) is 11.1. The van der Waals surface area contributed by atoms with Crippen LogP contribution in [0.4, 0.5) is 5.69 Å². The quantitative estimate of drug-likeness (QED) is 0.495. The summed E-state index contributed by atoms with van der Waals surface area (Å²) >= 11 is 0. The fraction of sp³-hybridized carbons (Fsp3) is 0. The van der Waals surface area contributed by atoms with E-state index in [1.165, 1.54) is 6.08 Å². The minimum Gasteiger partial charge on any atom is -0.399 e. The molecule has 0 bridgehead atoms. The summed E-state index contributed by atoms with van der Waals surface area (Å²) in [6.07, 6.45) is 6.45. The third-order valence-corrected chi connectivity index (χ3v) is 2.28. The molecule has 0 fully saturated rings. The summed E-state index contributed by atoms with van der Waals surface area (Å²) < 4.78 is 0. The Morgan fingerprint density at radius 2 is 2.12 bits per heavy atom. The van der Waals surface area contributed by atoms with Crippen LogP contribution in [0.25, 0.3) is 6.08 Å². The van der Waals surface area contributed by atoms with Crippen molar-refractivity contribution in [2.45, 2.75) is 0 Å². The zero-order valence-electron chi connectivity index (χ0n) is 9.21. The minimum atomic E-state index is -0.0690. The molecule has 2 aromatic rings. The molecule has 0 unspecified atom stereocenters. The lowest BCUT2D eigenvalue weighted by atomic mass is 10.1. The van der Waals surface area contributed by atoms with Crippen molar-refractivity contribution in [3.8, 4) is 0 Å². The molecule has 0 atom stereocenters. The Hall–Kier alpha value is -2.42. The Morgan fingerprint density at radius 1 is 1.24 bits per heavy atom. The average molecular weight is 224 g/mol. The number of allylic oxidation sites excluding steroid dienone is 1. The predicted octanol–water partition coefficient (Wildman–Crippen LogP) is 2.56. The maximum atomic E-state index is 11.7. The molecule has 17 heavy (non-hydrogen) atoms. The Bertz CT molecular complexity index is 547. The molecule has 84 valence electrons. The van der Waals surface area contributed by atoms with Crippen LogP contribution in [0, 0.1) is 0 Å². The van der Waals surface area contributed by atoms with Gasteiger partial charge in [0, 0.05) is 23.6 Å². The number of aromatic nitrogens is 1. The van der Waals surface area contributed by atoms with Gasteiger partial charge in [-0.2, -0.15) is 0 Å². The number of benzene rings is 1. The molecule has 1 aromatic heterocycles. The van der Waals surface area contributed by atoms with Gasteiger partial charge in [-0.15, -0.1) is 0 Å².